The van der Waals surface area contributed by atoms with Gasteiger partial charge in [0.1, 0.15) is 5.75 Å². The number of H-pyrrole nitrogens is 1. The molecule has 3 aromatic rings. The second-order valence-corrected chi connectivity index (χ2v) is 7.90. The molecule has 0 spiro atoms. The number of aromatic nitrogens is 2. The van der Waals surface area contributed by atoms with Crippen LogP contribution in [0.25, 0.3) is 11.0 Å². The molecule has 0 unspecified atom stereocenters. The minimum atomic E-state index is 0.108. The number of Topliss-reactive ketones (excluding diaryl/α,β-unsaturated/α-hetero) is 1. The first kappa shape index (κ1) is 15.6. The standard InChI is InChI=1S/C15H13BrN2O2S2/c1-2-20-9-3-4-10-11(7-9)18-15(17-10)21-8-12(19)13-5-6-14(16)22-13/h3-7H,2,8H2,1H3,(H,17,18). The molecule has 0 radical (unpaired) electrons. The molecule has 0 saturated heterocycles. The van der Waals surface area contributed by atoms with E-state index in [1.165, 1.54) is 23.1 Å². The third kappa shape index (κ3) is 3.53. The molecule has 22 heavy (non-hydrogen) atoms. The molecule has 0 saturated carbocycles. The van der Waals surface area contributed by atoms with Crippen molar-refractivity contribution < 1.29 is 9.53 Å². The molecule has 0 aliphatic rings. The van der Waals surface area contributed by atoms with Crippen LogP contribution >= 0.6 is 39.0 Å². The van der Waals surface area contributed by atoms with E-state index in [0.717, 1.165) is 30.6 Å². The van der Waals surface area contributed by atoms with E-state index in [4.69, 9.17) is 4.74 Å². The molecular formula is C15H13BrN2O2S2. The summed E-state index contributed by atoms with van der Waals surface area (Å²) < 4.78 is 6.44. The Balaban J connectivity index is 1.70. The number of hydrogen-bond acceptors (Lipinski definition) is 5. The Kier molecular flexibility index (Phi) is 4.85. The van der Waals surface area contributed by atoms with Gasteiger partial charge < -0.3 is 9.72 Å². The van der Waals surface area contributed by atoms with Crippen LogP contribution in [0.3, 0.4) is 0 Å². The lowest BCUT2D eigenvalue weighted by Gasteiger charge is -2.00. The van der Waals surface area contributed by atoms with Crippen molar-refractivity contribution in [3.63, 3.8) is 0 Å². The van der Waals surface area contributed by atoms with E-state index >= 15 is 0 Å². The summed E-state index contributed by atoms with van der Waals surface area (Å²) >= 11 is 6.23. The first-order valence-electron chi connectivity index (χ1n) is 6.69. The summed E-state index contributed by atoms with van der Waals surface area (Å²) in [6, 6.07) is 9.46. The SMILES string of the molecule is CCOc1ccc2nc(SCC(=O)c3ccc(Br)s3)[nH]c2c1. The fourth-order valence-corrected chi connectivity index (χ4v) is 4.14. The Bertz CT molecular complexity index is 813. The number of imidazole rings is 1. The molecule has 0 aliphatic heterocycles. The molecule has 0 bridgehead atoms. The third-order valence-electron chi connectivity index (χ3n) is 2.93. The van der Waals surface area contributed by atoms with Crippen molar-refractivity contribution >= 4 is 55.8 Å². The van der Waals surface area contributed by atoms with Gasteiger partial charge in [0.15, 0.2) is 10.9 Å². The van der Waals surface area contributed by atoms with Gasteiger partial charge in [-0.15, -0.1) is 11.3 Å². The number of ether oxygens (including phenoxy) is 1. The Morgan fingerprint density at radius 3 is 3.00 bits per heavy atom. The second kappa shape index (κ2) is 6.85. The molecule has 0 aliphatic carbocycles. The number of rotatable bonds is 6. The molecule has 0 atom stereocenters. The van der Waals surface area contributed by atoms with E-state index < -0.39 is 0 Å². The molecule has 4 nitrogen and oxygen atoms in total. The van der Waals surface area contributed by atoms with Gasteiger partial charge >= 0.3 is 0 Å². The van der Waals surface area contributed by atoms with Crippen molar-refractivity contribution in [3.8, 4) is 5.75 Å². The largest absolute Gasteiger partial charge is 0.494 e. The Hall–Kier alpha value is -1.31. The number of ketones is 1. The van der Waals surface area contributed by atoms with Crippen LogP contribution in [0, 0.1) is 0 Å². The highest BCUT2D eigenvalue weighted by Gasteiger charge is 2.11. The van der Waals surface area contributed by atoms with Crippen molar-refractivity contribution in [2.24, 2.45) is 0 Å². The smallest absolute Gasteiger partial charge is 0.183 e. The number of thiophene rings is 1. The van der Waals surface area contributed by atoms with Crippen LogP contribution in [0.15, 0.2) is 39.3 Å². The van der Waals surface area contributed by atoms with Gasteiger partial charge in [0, 0.05) is 6.07 Å². The Morgan fingerprint density at radius 1 is 1.41 bits per heavy atom. The van der Waals surface area contributed by atoms with Crippen molar-refractivity contribution in [1.29, 1.82) is 0 Å². The summed E-state index contributed by atoms with van der Waals surface area (Å²) in [7, 11) is 0. The maximum absolute atomic E-state index is 12.1. The highest BCUT2D eigenvalue weighted by atomic mass is 79.9. The molecule has 3 rings (SSSR count). The van der Waals surface area contributed by atoms with Crippen LogP contribution in [0.4, 0.5) is 0 Å². The van der Waals surface area contributed by atoms with Gasteiger partial charge in [0.2, 0.25) is 0 Å². The number of hydrogen-bond donors (Lipinski definition) is 1. The van der Waals surface area contributed by atoms with Crippen LogP contribution in [-0.2, 0) is 0 Å². The summed E-state index contributed by atoms with van der Waals surface area (Å²) in [5, 5.41) is 0.743. The van der Waals surface area contributed by atoms with Crippen LogP contribution in [0.5, 0.6) is 5.75 Å². The molecule has 0 fully saturated rings. The van der Waals surface area contributed by atoms with Gasteiger partial charge in [0.25, 0.3) is 0 Å². The van der Waals surface area contributed by atoms with Gasteiger partial charge in [-0.25, -0.2) is 4.98 Å². The van der Waals surface area contributed by atoms with Gasteiger partial charge in [-0.3, -0.25) is 4.79 Å². The first-order chi connectivity index (χ1) is 10.7. The van der Waals surface area contributed by atoms with E-state index in [-0.39, 0.29) is 5.78 Å². The number of benzene rings is 1. The Morgan fingerprint density at radius 2 is 2.27 bits per heavy atom. The monoisotopic (exact) mass is 396 g/mol. The summed E-state index contributed by atoms with van der Waals surface area (Å²) in [6.07, 6.45) is 0. The fourth-order valence-electron chi connectivity index (χ4n) is 1.96. The quantitative estimate of drug-likeness (QED) is 0.481. The molecule has 114 valence electrons. The summed E-state index contributed by atoms with van der Waals surface area (Å²) in [5.74, 6) is 1.29. The first-order valence-corrected chi connectivity index (χ1v) is 9.29. The number of thioether (sulfide) groups is 1. The number of nitrogens with one attached hydrogen (secondary N) is 1. The highest BCUT2D eigenvalue weighted by molar-refractivity contribution is 9.11. The molecule has 2 heterocycles. The predicted octanol–water partition coefficient (Wildman–Crippen LogP) is 4.76. The van der Waals surface area contributed by atoms with Crippen molar-refractivity contribution in [1.82, 2.24) is 9.97 Å². The van der Waals surface area contributed by atoms with Gasteiger partial charge in [0.05, 0.1) is 32.1 Å². The van der Waals surface area contributed by atoms with Crippen molar-refractivity contribution in [3.05, 3.63) is 39.0 Å². The zero-order valence-corrected chi connectivity index (χ0v) is 15.0. The van der Waals surface area contributed by atoms with Crippen LogP contribution in [0.1, 0.15) is 16.6 Å². The number of carbonyl (C=O) groups excluding carboxylic acids is 1. The van der Waals surface area contributed by atoms with Crippen molar-refractivity contribution in [2.45, 2.75) is 12.1 Å². The number of halogens is 1. The van der Waals surface area contributed by atoms with Crippen LogP contribution < -0.4 is 4.74 Å². The number of aromatic amines is 1. The minimum absolute atomic E-state index is 0.108. The average molecular weight is 397 g/mol. The van der Waals surface area contributed by atoms with Gasteiger partial charge in [-0.05, 0) is 47.1 Å². The fraction of sp³-hybridized carbons (Fsp3) is 0.200. The van der Waals surface area contributed by atoms with Gasteiger partial charge in [-0.2, -0.15) is 0 Å². The molecule has 2 aromatic heterocycles. The molecular weight excluding hydrogens is 384 g/mol. The van der Waals surface area contributed by atoms with E-state index in [1.54, 1.807) is 0 Å². The Labute approximate surface area is 144 Å². The third-order valence-corrected chi connectivity index (χ3v) is 5.47. The number of fused-ring (bicyclic) bond motifs is 1. The summed E-state index contributed by atoms with van der Waals surface area (Å²) in [4.78, 5) is 20.6. The van der Waals surface area contributed by atoms with Crippen LogP contribution in [0.2, 0.25) is 0 Å². The minimum Gasteiger partial charge on any atom is -0.494 e. The highest BCUT2D eigenvalue weighted by Crippen LogP contribution is 2.26. The van der Waals surface area contributed by atoms with Crippen molar-refractivity contribution in [2.75, 3.05) is 12.4 Å². The lowest BCUT2D eigenvalue weighted by atomic mass is 10.3. The van der Waals surface area contributed by atoms with E-state index in [1.807, 2.05) is 37.3 Å². The average Bonchev–Trinajstić information content (AvgIpc) is 3.10. The topological polar surface area (TPSA) is 55.0 Å². The number of carbonyl (C=O) groups is 1. The predicted molar refractivity (Wildman–Crippen MR) is 94.3 cm³/mol. The van der Waals surface area contributed by atoms with E-state index in [2.05, 4.69) is 25.9 Å². The zero-order valence-electron chi connectivity index (χ0n) is 11.8. The summed E-state index contributed by atoms with van der Waals surface area (Å²) in [5.41, 5.74) is 1.79. The molecule has 1 N–H and O–H groups in total. The molecule has 7 heteroatoms. The lowest BCUT2D eigenvalue weighted by Crippen LogP contribution is -1.99. The van der Waals surface area contributed by atoms with E-state index in [9.17, 15) is 4.79 Å². The van der Waals surface area contributed by atoms with E-state index in [0.29, 0.717) is 12.4 Å². The number of nitrogens with zero attached hydrogens (tertiary/aromatic N) is 1. The summed E-state index contributed by atoms with van der Waals surface area (Å²) in [6.45, 7) is 2.58. The lowest BCUT2D eigenvalue weighted by molar-refractivity contribution is 0.102. The maximum atomic E-state index is 12.1. The van der Waals surface area contributed by atoms with Gasteiger partial charge in [-0.1, -0.05) is 11.8 Å². The normalized spacial score (nSPS) is 11.0. The maximum Gasteiger partial charge on any atom is 0.183 e. The van der Waals surface area contributed by atoms with Crippen LogP contribution in [-0.4, -0.2) is 28.1 Å². The zero-order chi connectivity index (χ0) is 15.5. The molecule has 1 aromatic carbocycles. The second-order valence-electron chi connectivity index (χ2n) is 4.47. The molecule has 0 amide bonds.